The average molecular weight is 289 g/mol. The zero-order chi connectivity index (χ0) is 14.9. The lowest BCUT2D eigenvalue weighted by molar-refractivity contribution is -0.163. The van der Waals surface area contributed by atoms with E-state index < -0.39 is 5.60 Å². The zero-order valence-corrected chi connectivity index (χ0v) is 12.5. The first-order valence-corrected chi connectivity index (χ1v) is 7.70. The molecule has 1 aromatic rings. The molecule has 0 aromatic heterocycles. The van der Waals surface area contributed by atoms with Crippen molar-refractivity contribution in [2.45, 2.75) is 43.7 Å². The number of aliphatic hydroxyl groups is 1. The van der Waals surface area contributed by atoms with Crippen molar-refractivity contribution in [1.29, 1.82) is 0 Å². The number of hydrogen-bond donors (Lipinski definition) is 1. The van der Waals surface area contributed by atoms with Gasteiger partial charge in [0.15, 0.2) is 0 Å². The van der Waals surface area contributed by atoms with Gasteiger partial charge in [-0.05, 0) is 31.7 Å². The number of carbonyl (C=O) groups excluding carboxylic acids is 1. The van der Waals surface area contributed by atoms with Gasteiger partial charge < -0.3 is 14.7 Å². The molecular formula is C17H23NO3. The van der Waals surface area contributed by atoms with Gasteiger partial charge in [-0.15, -0.1) is 0 Å². The first-order chi connectivity index (χ1) is 10.0. The highest BCUT2D eigenvalue weighted by Gasteiger charge is 2.47. The SMILES string of the molecule is CC(O)(CC(=O)N1CCOCC12CCC2)c1ccccc1. The van der Waals surface area contributed by atoms with Crippen LogP contribution in [0.4, 0.5) is 0 Å². The van der Waals surface area contributed by atoms with E-state index in [-0.39, 0.29) is 17.9 Å². The smallest absolute Gasteiger partial charge is 0.226 e. The summed E-state index contributed by atoms with van der Waals surface area (Å²) in [5.41, 5.74) is -0.432. The summed E-state index contributed by atoms with van der Waals surface area (Å²) in [7, 11) is 0. The Morgan fingerprint density at radius 2 is 2.10 bits per heavy atom. The molecule has 1 N–H and O–H groups in total. The van der Waals surface area contributed by atoms with Crippen LogP contribution in [0, 0.1) is 0 Å². The molecule has 2 aliphatic rings. The molecule has 1 aliphatic heterocycles. The monoisotopic (exact) mass is 289 g/mol. The van der Waals surface area contributed by atoms with Gasteiger partial charge in [-0.3, -0.25) is 4.79 Å². The van der Waals surface area contributed by atoms with E-state index in [0.29, 0.717) is 19.8 Å². The lowest BCUT2D eigenvalue weighted by Crippen LogP contribution is -2.63. The number of carbonyl (C=O) groups is 1. The Bertz CT molecular complexity index is 508. The highest BCUT2D eigenvalue weighted by Crippen LogP contribution is 2.40. The third-order valence-corrected chi connectivity index (χ3v) is 4.88. The van der Waals surface area contributed by atoms with Crippen LogP contribution in [0.3, 0.4) is 0 Å². The number of ether oxygens (including phenoxy) is 1. The van der Waals surface area contributed by atoms with Crippen molar-refractivity contribution in [3.8, 4) is 0 Å². The van der Waals surface area contributed by atoms with E-state index in [0.717, 1.165) is 24.8 Å². The molecular weight excluding hydrogens is 266 g/mol. The molecule has 1 spiro atoms. The van der Waals surface area contributed by atoms with Crippen LogP contribution in [-0.2, 0) is 15.1 Å². The summed E-state index contributed by atoms with van der Waals surface area (Å²) in [5.74, 6) is 0.0341. The van der Waals surface area contributed by atoms with Crippen LogP contribution in [0.25, 0.3) is 0 Å². The normalized spacial score (nSPS) is 23.4. The Labute approximate surface area is 125 Å². The van der Waals surface area contributed by atoms with E-state index in [1.54, 1.807) is 6.92 Å². The highest BCUT2D eigenvalue weighted by molar-refractivity contribution is 5.78. The standard InChI is InChI=1S/C17H23NO3/c1-16(20,14-6-3-2-4-7-14)12-15(19)18-10-11-21-13-17(18)8-5-9-17/h2-4,6-7,20H,5,8-13H2,1H3. The number of hydrogen-bond acceptors (Lipinski definition) is 3. The minimum Gasteiger partial charge on any atom is -0.385 e. The Hall–Kier alpha value is -1.39. The fraction of sp³-hybridized carbons (Fsp3) is 0.588. The minimum absolute atomic E-state index is 0.0341. The predicted molar refractivity (Wildman–Crippen MR) is 79.7 cm³/mol. The van der Waals surface area contributed by atoms with Crippen molar-refractivity contribution >= 4 is 5.91 Å². The number of rotatable bonds is 3. The van der Waals surface area contributed by atoms with Gasteiger partial charge in [-0.2, -0.15) is 0 Å². The fourth-order valence-corrected chi connectivity index (χ4v) is 3.41. The maximum absolute atomic E-state index is 12.7. The molecule has 1 aromatic carbocycles. The van der Waals surface area contributed by atoms with Crippen molar-refractivity contribution in [2.24, 2.45) is 0 Å². The summed E-state index contributed by atoms with van der Waals surface area (Å²) in [6, 6.07) is 9.41. The van der Waals surface area contributed by atoms with E-state index in [9.17, 15) is 9.90 Å². The third kappa shape index (κ3) is 2.70. The molecule has 1 saturated heterocycles. The summed E-state index contributed by atoms with van der Waals surface area (Å²) in [5, 5.41) is 10.7. The van der Waals surface area contributed by atoms with E-state index in [4.69, 9.17) is 4.74 Å². The summed E-state index contributed by atoms with van der Waals surface area (Å²) in [6.07, 6.45) is 3.32. The van der Waals surface area contributed by atoms with Crippen LogP contribution < -0.4 is 0 Å². The first-order valence-electron chi connectivity index (χ1n) is 7.70. The quantitative estimate of drug-likeness (QED) is 0.926. The summed E-state index contributed by atoms with van der Waals surface area (Å²) >= 11 is 0. The zero-order valence-electron chi connectivity index (χ0n) is 12.5. The Kier molecular flexibility index (Phi) is 3.76. The second-order valence-corrected chi connectivity index (χ2v) is 6.49. The fourth-order valence-electron chi connectivity index (χ4n) is 3.41. The Morgan fingerprint density at radius 1 is 1.38 bits per heavy atom. The molecule has 1 saturated carbocycles. The molecule has 1 aliphatic carbocycles. The van der Waals surface area contributed by atoms with Crippen molar-refractivity contribution in [3.63, 3.8) is 0 Å². The molecule has 1 heterocycles. The van der Waals surface area contributed by atoms with Crippen LogP contribution in [0.1, 0.15) is 38.2 Å². The molecule has 0 radical (unpaired) electrons. The maximum Gasteiger partial charge on any atom is 0.226 e. The molecule has 21 heavy (non-hydrogen) atoms. The number of morpholine rings is 1. The Balaban J connectivity index is 1.73. The Morgan fingerprint density at radius 3 is 2.71 bits per heavy atom. The van der Waals surface area contributed by atoms with Crippen LogP contribution in [-0.4, -0.2) is 41.2 Å². The van der Waals surface area contributed by atoms with Crippen LogP contribution >= 0.6 is 0 Å². The van der Waals surface area contributed by atoms with Crippen molar-refractivity contribution < 1.29 is 14.6 Å². The van der Waals surface area contributed by atoms with Crippen molar-refractivity contribution in [1.82, 2.24) is 4.90 Å². The number of amides is 1. The van der Waals surface area contributed by atoms with E-state index in [1.165, 1.54) is 0 Å². The van der Waals surface area contributed by atoms with E-state index in [2.05, 4.69) is 0 Å². The first kappa shape index (κ1) is 14.5. The van der Waals surface area contributed by atoms with Crippen molar-refractivity contribution in [3.05, 3.63) is 35.9 Å². The molecule has 114 valence electrons. The average Bonchev–Trinajstić information content (AvgIpc) is 2.46. The lowest BCUT2D eigenvalue weighted by Gasteiger charge is -2.53. The van der Waals surface area contributed by atoms with Gasteiger partial charge in [-0.1, -0.05) is 30.3 Å². The van der Waals surface area contributed by atoms with Gasteiger partial charge in [0.2, 0.25) is 5.91 Å². The highest BCUT2D eigenvalue weighted by atomic mass is 16.5. The van der Waals surface area contributed by atoms with Crippen LogP contribution in [0.5, 0.6) is 0 Å². The maximum atomic E-state index is 12.7. The summed E-state index contributed by atoms with van der Waals surface area (Å²) in [4.78, 5) is 14.7. The van der Waals surface area contributed by atoms with Crippen LogP contribution in [0.15, 0.2) is 30.3 Å². The molecule has 1 amide bonds. The molecule has 2 fully saturated rings. The summed E-state index contributed by atoms with van der Waals surface area (Å²) < 4.78 is 5.57. The van der Waals surface area contributed by atoms with Gasteiger partial charge >= 0.3 is 0 Å². The minimum atomic E-state index is -1.12. The number of benzene rings is 1. The van der Waals surface area contributed by atoms with E-state index in [1.807, 2.05) is 35.2 Å². The van der Waals surface area contributed by atoms with E-state index >= 15 is 0 Å². The molecule has 4 heteroatoms. The second kappa shape index (κ2) is 5.43. The van der Waals surface area contributed by atoms with Gasteiger partial charge in [0.05, 0.1) is 30.8 Å². The largest absolute Gasteiger partial charge is 0.385 e. The molecule has 3 rings (SSSR count). The molecule has 1 atom stereocenters. The predicted octanol–water partition coefficient (Wildman–Crippen LogP) is 2.07. The van der Waals surface area contributed by atoms with Gasteiger partial charge in [0.25, 0.3) is 0 Å². The molecule has 4 nitrogen and oxygen atoms in total. The lowest BCUT2D eigenvalue weighted by atomic mass is 9.74. The molecule has 1 unspecified atom stereocenters. The van der Waals surface area contributed by atoms with Crippen LogP contribution in [0.2, 0.25) is 0 Å². The van der Waals surface area contributed by atoms with Crippen molar-refractivity contribution in [2.75, 3.05) is 19.8 Å². The molecule has 0 bridgehead atoms. The summed E-state index contributed by atoms with van der Waals surface area (Å²) in [6.45, 7) is 3.60. The van der Waals surface area contributed by atoms with Gasteiger partial charge in [-0.25, -0.2) is 0 Å². The number of nitrogens with zero attached hydrogens (tertiary/aromatic N) is 1. The van der Waals surface area contributed by atoms with Gasteiger partial charge in [0, 0.05) is 6.54 Å². The third-order valence-electron chi connectivity index (χ3n) is 4.88. The van der Waals surface area contributed by atoms with Gasteiger partial charge in [0.1, 0.15) is 0 Å². The second-order valence-electron chi connectivity index (χ2n) is 6.49. The topological polar surface area (TPSA) is 49.8 Å².